The van der Waals surface area contributed by atoms with Gasteiger partial charge in [-0.25, -0.2) is 13.1 Å². The van der Waals surface area contributed by atoms with Gasteiger partial charge in [0.25, 0.3) is 5.91 Å². The predicted molar refractivity (Wildman–Crippen MR) is 89.0 cm³/mol. The minimum Gasteiger partial charge on any atom is -0.383 e. The van der Waals surface area contributed by atoms with Crippen molar-refractivity contribution < 1.29 is 17.9 Å². The molecule has 8 heteroatoms. The van der Waals surface area contributed by atoms with Gasteiger partial charge < -0.3 is 15.4 Å². The van der Waals surface area contributed by atoms with E-state index in [2.05, 4.69) is 15.4 Å². The molecule has 0 atom stereocenters. The normalized spacial score (nSPS) is 11.7. The van der Waals surface area contributed by atoms with Crippen molar-refractivity contribution >= 4 is 15.9 Å². The van der Waals surface area contributed by atoms with Crippen LogP contribution in [0.4, 0.5) is 0 Å². The van der Waals surface area contributed by atoms with Gasteiger partial charge in [-0.2, -0.15) is 0 Å². The molecule has 1 amide bonds. The zero-order valence-electron chi connectivity index (χ0n) is 13.8. The molecule has 7 nitrogen and oxygen atoms in total. The van der Waals surface area contributed by atoms with E-state index < -0.39 is 10.0 Å². The molecule has 0 aliphatic heterocycles. The lowest BCUT2D eigenvalue weighted by Gasteiger charge is -2.11. The molecule has 0 radical (unpaired) electrons. The van der Waals surface area contributed by atoms with Gasteiger partial charge in [-0.1, -0.05) is 6.07 Å². The van der Waals surface area contributed by atoms with Crippen LogP contribution in [0.1, 0.15) is 24.2 Å². The predicted octanol–water partition coefficient (Wildman–Crippen LogP) is 0.339. The summed E-state index contributed by atoms with van der Waals surface area (Å²) < 4.78 is 31.6. The monoisotopic (exact) mass is 343 g/mol. The van der Waals surface area contributed by atoms with Crippen molar-refractivity contribution in [3.63, 3.8) is 0 Å². The Hall–Kier alpha value is -1.48. The molecule has 0 spiro atoms. The van der Waals surface area contributed by atoms with Crippen LogP contribution in [0.3, 0.4) is 0 Å². The maximum atomic E-state index is 12.1. The van der Waals surface area contributed by atoms with Crippen molar-refractivity contribution in [3.05, 3.63) is 29.8 Å². The van der Waals surface area contributed by atoms with Crippen molar-refractivity contribution in [2.24, 2.45) is 0 Å². The quantitative estimate of drug-likeness (QED) is 0.532. The first-order valence-corrected chi connectivity index (χ1v) is 8.95. The lowest BCUT2D eigenvalue weighted by Crippen LogP contribution is -2.33. The van der Waals surface area contributed by atoms with Gasteiger partial charge in [-0.05, 0) is 32.0 Å². The van der Waals surface area contributed by atoms with Gasteiger partial charge in [0.2, 0.25) is 10.0 Å². The Balaban J connectivity index is 2.60. The second kappa shape index (κ2) is 9.61. The molecule has 0 saturated carbocycles. The van der Waals surface area contributed by atoms with Gasteiger partial charge in [-0.15, -0.1) is 0 Å². The zero-order chi connectivity index (χ0) is 17.3. The van der Waals surface area contributed by atoms with Crippen LogP contribution in [-0.2, 0) is 14.8 Å². The smallest absolute Gasteiger partial charge is 0.251 e. The lowest BCUT2D eigenvalue weighted by atomic mass is 10.2. The van der Waals surface area contributed by atoms with E-state index in [0.29, 0.717) is 31.8 Å². The van der Waals surface area contributed by atoms with Crippen LogP contribution in [0, 0.1) is 0 Å². The van der Waals surface area contributed by atoms with E-state index in [1.165, 1.54) is 12.1 Å². The number of carbonyl (C=O) groups is 1. The molecule has 0 aliphatic carbocycles. The Kier molecular flexibility index (Phi) is 8.18. The molecule has 0 aliphatic rings. The van der Waals surface area contributed by atoms with E-state index in [-0.39, 0.29) is 16.8 Å². The average Bonchev–Trinajstić information content (AvgIpc) is 2.49. The fourth-order valence-electron chi connectivity index (χ4n) is 1.85. The van der Waals surface area contributed by atoms with Crippen LogP contribution in [0.5, 0.6) is 0 Å². The topological polar surface area (TPSA) is 96.5 Å². The summed E-state index contributed by atoms with van der Waals surface area (Å²) in [6, 6.07) is 5.77. The van der Waals surface area contributed by atoms with E-state index in [9.17, 15) is 13.2 Å². The minimum absolute atomic E-state index is 0.0806. The van der Waals surface area contributed by atoms with Gasteiger partial charge in [0.05, 0.1) is 11.5 Å². The van der Waals surface area contributed by atoms with E-state index >= 15 is 0 Å². The van der Waals surface area contributed by atoms with Crippen LogP contribution in [0.2, 0.25) is 0 Å². The molecule has 1 aromatic rings. The van der Waals surface area contributed by atoms with Crippen LogP contribution < -0.4 is 15.4 Å². The third kappa shape index (κ3) is 7.08. The number of hydrogen-bond donors (Lipinski definition) is 3. The van der Waals surface area contributed by atoms with Crippen LogP contribution in [-0.4, -0.2) is 53.7 Å². The number of carbonyl (C=O) groups excluding carboxylic acids is 1. The number of amides is 1. The molecule has 0 fully saturated rings. The Morgan fingerprint density at radius 2 is 1.96 bits per heavy atom. The number of ether oxygens (including phenoxy) is 1. The summed E-state index contributed by atoms with van der Waals surface area (Å²) in [6.45, 7) is 5.86. The molecule has 1 rings (SSSR count). The van der Waals surface area contributed by atoms with E-state index in [1.54, 1.807) is 33.1 Å². The Morgan fingerprint density at radius 3 is 2.61 bits per heavy atom. The average molecular weight is 343 g/mol. The highest BCUT2D eigenvalue weighted by Crippen LogP contribution is 2.12. The Morgan fingerprint density at radius 1 is 1.22 bits per heavy atom. The standard InChI is InChI=1S/C15H25N3O4S/c1-12(2)18-23(20,21)14-6-4-5-13(11-14)15(19)17-8-7-16-9-10-22-3/h4-6,11-12,16,18H,7-10H2,1-3H3,(H,17,19). The molecule has 130 valence electrons. The van der Waals surface area contributed by atoms with Gasteiger partial charge in [0.15, 0.2) is 0 Å². The van der Waals surface area contributed by atoms with Crippen molar-refractivity contribution in [2.45, 2.75) is 24.8 Å². The first kappa shape index (κ1) is 19.6. The summed E-state index contributed by atoms with van der Waals surface area (Å²) >= 11 is 0. The molecule has 0 unspecified atom stereocenters. The minimum atomic E-state index is -3.61. The summed E-state index contributed by atoms with van der Waals surface area (Å²) in [5.74, 6) is -0.305. The SMILES string of the molecule is COCCNCCNC(=O)c1cccc(S(=O)(=O)NC(C)C)c1. The van der Waals surface area contributed by atoms with E-state index in [1.807, 2.05) is 0 Å². The second-order valence-corrected chi connectivity index (χ2v) is 7.02. The molecule has 0 aromatic heterocycles. The Bertz CT molecular complexity index is 602. The number of sulfonamides is 1. The highest BCUT2D eigenvalue weighted by molar-refractivity contribution is 7.89. The molecule has 0 bridgehead atoms. The molecule has 0 saturated heterocycles. The summed E-state index contributed by atoms with van der Waals surface area (Å²) in [5.41, 5.74) is 0.313. The number of hydrogen-bond acceptors (Lipinski definition) is 5. The largest absolute Gasteiger partial charge is 0.383 e. The first-order valence-electron chi connectivity index (χ1n) is 7.47. The van der Waals surface area contributed by atoms with Gasteiger partial charge in [0.1, 0.15) is 0 Å². The summed E-state index contributed by atoms with van der Waals surface area (Å²) in [7, 11) is -1.98. The van der Waals surface area contributed by atoms with Gasteiger partial charge in [-0.3, -0.25) is 4.79 Å². The molecule has 0 heterocycles. The number of methoxy groups -OCH3 is 1. The number of nitrogens with one attached hydrogen (secondary N) is 3. The summed E-state index contributed by atoms with van der Waals surface area (Å²) in [4.78, 5) is 12.1. The third-order valence-electron chi connectivity index (χ3n) is 2.87. The van der Waals surface area contributed by atoms with E-state index in [0.717, 1.165) is 0 Å². The fourth-order valence-corrected chi connectivity index (χ4v) is 3.15. The molecule has 3 N–H and O–H groups in total. The third-order valence-corrected chi connectivity index (χ3v) is 4.52. The maximum absolute atomic E-state index is 12.1. The van der Waals surface area contributed by atoms with Gasteiger partial charge >= 0.3 is 0 Å². The summed E-state index contributed by atoms with van der Waals surface area (Å²) in [6.07, 6.45) is 0. The van der Waals surface area contributed by atoms with Crippen molar-refractivity contribution in [1.29, 1.82) is 0 Å². The van der Waals surface area contributed by atoms with Crippen LogP contribution >= 0.6 is 0 Å². The van der Waals surface area contributed by atoms with Crippen molar-refractivity contribution in [3.8, 4) is 0 Å². The fraction of sp³-hybridized carbons (Fsp3) is 0.533. The van der Waals surface area contributed by atoms with E-state index in [4.69, 9.17) is 4.74 Å². The number of rotatable bonds is 10. The highest BCUT2D eigenvalue weighted by atomic mass is 32.2. The molecule has 23 heavy (non-hydrogen) atoms. The Labute approximate surface area is 137 Å². The highest BCUT2D eigenvalue weighted by Gasteiger charge is 2.17. The molecular formula is C15H25N3O4S. The van der Waals surface area contributed by atoms with Gasteiger partial charge in [0, 0.05) is 38.3 Å². The van der Waals surface area contributed by atoms with Crippen LogP contribution in [0.15, 0.2) is 29.2 Å². The molecular weight excluding hydrogens is 318 g/mol. The van der Waals surface area contributed by atoms with Crippen molar-refractivity contribution in [2.75, 3.05) is 33.4 Å². The number of benzene rings is 1. The van der Waals surface area contributed by atoms with Crippen LogP contribution in [0.25, 0.3) is 0 Å². The van der Waals surface area contributed by atoms with Crippen molar-refractivity contribution in [1.82, 2.24) is 15.4 Å². The zero-order valence-corrected chi connectivity index (χ0v) is 14.6. The summed E-state index contributed by atoms with van der Waals surface area (Å²) in [5, 5.41) is 5.84. The first-order chi connectivity index (χ1) is 10.9. The lowest BCUT2D eigenvalue weighted by molar-refractivity contribution is 0.0953. The maximum Gasteiger partial charge on any atom is 0.251 e. The second-order valence-electron chi connectivity index (χ2n) is 5.30. The molecule has 1 aromatic carbocycles.